The van der Waals surface area contributed by atoms with E-state index in [-0.39, 0.29) is 18.5 Å². The zero-order valence-corrected chi connectivity index (χ0v) is 21.8. The first-order chi connectivity index (χ1) is 17.3. The summed E-state index contributed by atoms with van der Waals surface area (Å²) in [6, 6.07) is 22.9. The number of sulfonamides is 1. The summed E-state index contributed by atoms with van der Waals surface area (Å²) in [6.07, 6.45) is 6.43. The van der Waals surface area contributed by atoms with Gasteiger partial charge in [-0.2, -0.15) is 0 Å². The fraction of sp³-hybridized carbons (Fsp3) is 0.345. The van der Waals surface area contributed by atoms with E-state index >= 15 is 0 Å². The number of carbonyl (C=O) groups excluding carboxylic acids is 1. The van der Waals surface area contributed by atoms with Gasteiger partial charge in [0.05, 0.1) is 18.0 Å². The second-order valence-corrected chi connectivity index (χ2v) is 11.2. The van der Waals surface area contributed by atoms with Gasteiger partial charge in [-0.1, -0.05) is 55.5 Å². The Morgan fingerprint density at radius 2 is 1.67 bits per heavy atom. The average Bonchev–Trinajstić information content (AvgIpc) is 2.89. The van der Waals surface area contributed by atoms with Crippen LogP contribution in [0.5, 0.6) is 5.75 Å². The molecule has 3 aromatic rings. The Morgan fingerprint density at radius 1 is 0.972 bits per heavy atom. The van der Waals surface area contributed by atoms with E-state index < -0.39 is 10.0 Å². The van der Waals surface area contributed by atoms with E-state index in [1.54, 1.807) is 24.3 Å². The standard InChI is InChI=1S/C29H34N2O4S/c1-3-28(25-14-13-23-11-7-8-12-24(23)19-25)30-29(32)20-31(36(2,33)34)26-15-17-27(18-16-26)35-21-22-9-5-4-6-10-22/h4-6,9-10,13-19,28H,3,7-8,11-12,20-21H2,1-2H3,(H,30,32)/t28-/m1/s1. The molecule has 6 nitrogen and oxygen atoms in total. The molecular formula is C29H34N2O4S. The number of ether oxygens (including phenoxy) is 1. The van der Waals surface area contributed by atoms with E-state index in [0.717, 1.165) is 41.0 Å². The molecule has 7 heteroatoms. The number of rotatable bonds is 10. The van der Waals surface area contributed by atoms with Crippen LogP contribution in [0.3, 0.4) is 0 Å². The van der Waals surface area contributed by atoms with E-state index in [2.05, 4.69) is 23.5 Å². The SMILES string of the molecule is CC[C@@H](NC(=O)CN(c1ccc(OCc2ccccc2)cc1)S(C)(=O)=O)c1ccc2c(c1)CCCC2. The molecule has 3 aromatic carbocycles. The summed E-state index contributed by atoms with van der Waals surface area (Å²) in [5.41, 5.74) is 5.28. The molecule has 0 unspecified atom stereocenters. The van der Waals surface area contributed by atoms with E-state index in [0.29, 0.717) is 18.0 Å². The molecule has 0 bridgehead atoms. The van der Waals surface area contributed by atoms with Crippen LogP contribution in [0.25, 0.3) is 0 Å². The van der Waals surface area contributed by atoms with Gasteiger partial charge >= 0.3 is 0 Å². The topological polar surface area (TPSA) is 75.7 Å². The summed E-state index contributed by atoms with van der Waals surface area (Å²) in [5.74, 6) is 0.286. The van der Waals surface area contributed by atoms with E-state index in [1.165, 1.54) is 24.0 Å². The molecular weight excluding hydrogens is 472 g/mol. The van der Waals surface area contributed by atoms with Crippen molar-refractivity contribution in [3.63, 3.8) is 0 Å². The number of amides is 1. The maximum absolute atomic E-state index is 13.0. The molecule has 190 valence electrons. The molecule has 0 spiro atoms. The van der Waals surface area contributed by atoms with Crippen LogP contribution in [0.15, 0.2) is 72.8 Å². The highest BCUT2D eigenvalue weighted by atomic mass is 32.2. The zero-order chi connectivity index (χ0) is 25.5. The summed E-state index contributed by atoms with van der Waals surface area (Å²) in [4.78, 5) is 13.0. The number of carbonyl (C=O) groups is 1. The highest BCUT2D eigenvalue weighted by Gasteiger charge is 2.23. The first kappa shape index (κ1) is 25.8. The predicted molar refractivity (Wildman–Crippen MR) is 144 cm³/mol. The lowest BCUT2D eigenvalue weighted by Crippen LogP contribution is -2.41. The Balaban J connectivity index is 1.42. The first-order valence-electron chi connectivity index (χ1n) is 12.5. The fourth-order valence-corrected chi connectivity index (χ4v) is 5.47. The van der Waals surface area contributed by atoms with Crippen LogP contribution >= 0.6 is 0 Å². The molecule has 0 heterocycles. The molecule has 1 aliphatic carbocycles. The summed E-state index contributed by atoms with van der Waals surface area (Å²) < 4.78 is 32.1. The van der Waals surface area contributed by atoms with Gasteiger partial charge in [-0.3, -0.25) is 9.10 Å². The van der Waals surface area contributed by atoms with E-state index in [9.17, 15) is 13.2 Å². The van der Waals surface area contributed by atoms with Crippen molar-refractivity contribution in [1.82, 2.24) is 5.32 Å². The lowest BCUT2D eigenvalue weighted by molar-refractivity contribution is -0.120. The number of anilines is 1. The smallest absolute Gasteiger partial charge is 0.241 e. The maximum Gasteiger partial charge on any atom is 0.241 e. The van der Waals surface area contributed by atoms with E-state index in [1.807, 2.05) is 37.3 Å². The van der Waals surface area contributed by atoms with Crippen LogP contribution in [0, 0.1) is 0 Å². The van der Waals surface area contributed by atoms with Crippen molar-refractivity contribution in [2.45, 2.75) is 51.7 Å². The van der Waals surface area contributed by atoms with Gasteiger partial charge in [0.15, 0.2) is 0 Å². The van der Waals surface area contributed by atoms with Crippen molar-refractivity contribution in [3.05, 3.63) is 95.1 Å². The fourth-order valence-electron chi connectivity index (χ4n) is 4.61. The minimum absolute atomic E-state index is 0.167. The van der Waals surface area contributed by atoms with Crippen molar-refractivity contribution in [3.8, 4) is 5.75 Å². The van der Waals surface area contributed by atoms with Crippen molar-refractivity contribution in [1.29, 1.82) is 0 Å². The second-order valence-electron chi connectivity index (χ2n) is 9.30. The normalized spacial score (nSPS) is 13.9. The van der Waals surface area contributed by atoms with Crippen molar-refractivity contribution in [2.75, 3.05) is 17.1 Å². The number of aryl methyl sites for hydroxylation is 2. The third-order valence-electron chi connectivity index (χ3n) is 6.58. The quantitative estimate of drug-likeness (QED) is 0.411. The molecule has 1 N–H and O–H groups in total. The summed E-state index contributed by atoms with van der Waals surface area (Å²) >= 11 is 0. The van der Waals surface area contributed by atoms with Gasteiger partial charge in [-0.25, -0.2) is 8.42 Å². The molecule has 0 saturated carbocycles. The van der Waals surface area contributed by atoms with Gasteiger partial charge in [0.2, 0.25) is 15.9 Å². The largest absolute Gasteiger partial charge is 0.489 e. The third-order valence-corrected chi connectivity index (χ3v) is 7.72. The molecule has 1 amide bonds. The second kappa shape index (κ2) is 11.6. The molecule has 0 radical (unpaired) electrons. The first-order valence-corrected chi connectivity index (χ1v) is 14.3. The number of hydrogen-bond acceptors (Lipinski definition) is 4. The third kappa shape index (κ3) is 6.66. The lowest BCUT2D eigenvalue weighted by atomic mass is 9.89. The van der Waals surface area contributed by atoms with Crippen molar-refractivity contribution in [2.24, 2.45) is 0 Å². The van der Waals surface area contributed by atoms with Gasteiger partial charge in [0, 0.05) is 0 Å². The number of nitrogens with zero attached hydrogens (tertiary/aromatic N) is 1. The number of fused-ring (bicyclic) bond motifs is 1. The Labute approximate surface area is 214 Å². The van der Waals surface area contributed by atoms with Gasteiger partial charge in [0.1, 0.15) is 18.9 Å². The maximum atomic E-state index is 13.0. The molecule has 0 fully saturated rings. The minimum atomic E-state index is -3.67. The molecule has 0 aromatic heterocycles. The Hall–Kier alpha value is -3.32. The molecule has 36 heavy (non-hydrogen) atoms. The van der Waals surface area contributed by atoms with Gasteiger partial charge < -0.3 is 10.1 Å². The monoisotopic (exact) mass is 506 g/mol. The van der Waals surface area contributed by atoms with Crippen LogP contribution in [0.4, 0.5) is 5.69 Å². The Bertz CT molecular complexity index is 1270. The number of benzene rings is 3. The Kier molecular flexibility index (Phi) is 8.31. The molecule has 1 atom stereocenters. The predicted octanol–water partition coefficient (Wildman–Crippen LogP) is 5.18. The Morgan fingerprint density at radius 3 is 2.33 bits per heavy atom. The van der Waals surface area contributed by atoms with Crippen LogP contribution in [-0.4, -0.2) is 27.1 Å². The highest BCUT2D eigenvalue weighted by molar-refractivity contribution is 7.92. The van der Waals surface area contributed by atoms with Crippen molar-refractivity contribution < 1.29 is 17.9 Å². The van der Waals surface area contributed by atoms with Crippen LogP contribution < -0.4 is 14.4 Å². The molecule has 4 rings (SSSR count). The highest BCUT2D eigenvalue weighted by Crippen LogP contribution is 2.27. The summed E-state index contributed by atoms with van der Waals surface area (Å²) in [5, 5.41) is 3.04. The van der Waals surface area contributed by atoms with Gasteiger partial charge in [0.25, 0.3) is 0 Å². The van der Waals surface area contributed by atoms with Crippen LogP contribution in [0.2, 0.25) is 0 Å². The van der Waals surface area contributed by atoms with E-state index in [4.69, 9.17) is 4.74 Å². The average molecular weight is 507 g/mol. The van der Waals surface area contributed by atoms with Crippen LogP contribution in [-0.2, 0) is 34.3 Å². The minimum Gasteiger partial charge on any atom is -0.489 e. The van der Waals surface area contributed by atoms with Crippen LogP contribution in [0.1, 0.15) is 54.5 Å². The molecule has 0 aliphatic heterocycles. The van der Waals surface area contributed by atoms with Gasteiger partial charge in [-0.05, 0) is 78.6 Å². The molecule has 0 saturated heterocycles. The van der Waals surface area contributed by atoms with Crippen molar-refractivity contribution >= 4 is 21.6 Å². The molecule has 1 aliphatic rings. The number of hydrogen-bond donors (Lipinski definition) is 1. The summed E-state index contributed by atoms with van der Waals surface area (Å²) in [6.45, 7) is 2.15. The lowest BCUT2D eigenvalue weighted by Gasteiger charge is -2.25. The zero-order valence-electron chi connectivity index (χ0n) is 20.9. The summed E-state index contributed by atoms with van der Waals surface area (Å²) in [7, 11) is -3.67. The number of nitrogens with one attached hydrogen (secondary N) is 1. The van der Waals surface area contributed by atoms with Gasteiger partial charge in [-0.15, -0.1) is 0 Å².